The van der Waals surface area contributed by atoms with Crippen LogP contribution in [0.3, 0.4) is 0 Å². The molecule has 0 spiro atoms. The molecule has 2 aromatic carbocycles. The third kappa shape index (κ3) is 4.49. The maximum atomic E-state index is 14.6. The molecule has 0 radical (unpaired) electrons. The van der Waals surface area contributed by atoms with Gasteiger partial charge in [-0.2, -0.15) is 0 Å². The molecule has 1 aromatic heterocycles. The smallest absolute Gasteiger partial charge is 0.271 e. The Balaban J connectivity index is 1.54. The van der Waals surface area contributed by atoms with Crippen molar-refractivity contribution in [2.24, 2.45) is 0 Å². The zero-order valence-corrected chi connectivity index (χ0v) is 20.2. The molecule has 35 heavy (non-hydrogen) atoms. The van der Waals surface area contributed by atoms with E-state index < -0.39 is 5.54 Å². The Morgan fingerprint density at radius 3 is 2.31 bits per heavy atom. The first-order valence-corrected chi connectivity index (χ1v) is 12.6. The van der Waals surface area contributed by atoms with Gasteiger partial charge < -0.3 is 14.8 Å². The van der Waals surface area contributed by atoms with E-state index in [0.29, 0.717) is 17.8 Å². The summed E-state index contributed by atoms with van der Waals surface area (Å²) >= 11 is 0. The average Bonchev–Trinajstić information content (AvgIpc) is 3.11. The number of carbonyl (C=O) groups is 2. The summed E-state index contributed by atoms with van der Waals surface area (Å²) in [6.07, 6.45) is 6.47. The quantitative estimate of drug-likeness (QED) is 0.494. The first-order valence-electron chi connectivity index (χ1n) is 12.6. The summed E-state index contributed by atoms with van der Waals surface area (Å²) in [6.45, 7) is 2.15. The maximum Gasteiger partial charge on any atom is 0.271 e. The van der Waals surface area contributed by atoms with Gasteiger partial charge in [-0.15, -0.1) is 0 Å². The van der Waals surface area contributed by atoms with Crippen molar-refractivity contribution in [3.8, 4) is 11.3 Å². The maximum absolute atomic E-state index is 14.6. The van der Waals surface area contributed by atoms with Gasteiger partial charge in [0.05, 0.1) is 13.1 Å². The summed E-state index contributed by atoms with van der Waals surface area (Å²) in [7, 11) is 0. The van der Waals surface area contributed by atoms with Crippen molar-refractivity contribution in [3.63, 3.8) is 0 Å². The monoisotopic (exact) mass is 473 g/mol. The van der Waals surface area contributed by atoms with Crippen molar-refractivity contribution in [2.45, 2.75) is 70.1 Å². The van der Waals surface area contributed by atoms with Crippen LogP contribution in [-0.2, 0) is 17.9 Å². The number of hydrogen-bond acceptors (Lipinski definition) is 2. The first kappa shape index (κ1) is 23.3. The van der Waals surface area contributed by atoms with Crippen molar-refractivity contribution in [2.75, 3.05) is 0 Å². The molecule has 1 atom stereocenters. The number of benzene rings is 2. The molecule has 3 aromatic rings. The second kappa shape index (κ2) is 9.68. The summed E-state index contributed by atoms with van der Waals surface area (Å²) in [5.41, 5.74) is 1.63. The van der Waals surface area contributed by atoms with Crippen LogP contribution < -0.4 is 5.32 Å². The van der Waals surface area contributed by atoms with Gasteiger partial charge in [-0.3, -0.25) is 9.59 Å². The number of halogens is 1. The molecule has 5 nitrogen and oxygen atoms in total. The fraction of sp³-hybridized carbons (Fsp3) is 0.379. The van der Waals surface area contributed by atoms with E-state index in [-0.39, 0.29) is 30.2 Å². The Morgan fingerprint density at radius 1 is 0.943 bits per heavy atom. The molecule has 182 valence electrons. The van der Waals surface area contributed by atoms with Crippen LogP contribution in [0.15, 0.2) is 66.7 Å². The topological polar surface area (TPSA) is 54.3 Å². The highest BCUT2D eigenvalue weighted by Crippen LogP contribution is 2.34. The highest BCUT2D eigenvalue weighted by atomic mass is 19.1. The lowest BCUT2D eigenvalue weighted by Crippen LogP contribution is -2.64. The molecule has 1 aliphatic heterocycles. The van der Waals surface area contributed by atoms with Gasteiger partial charge in [0, 0.05) is 17.3 Å². The Bertz CT molecular complexity index is 1210. The molecule has 1 aliphatic carbocycles. The molecular weight excluding hydrogens is 441 g/mol. The second-order valence-electron chi connectivity index (χ2n) is 9.97. The number of aromatic nitrogens is 1. The highest BCUT2D eigenvalue weighted by molar-refractivity contribution is 6.00. The number of nitrogens with one attached hydrogen (secondary N) is 1. The molecule has 1 unspecified atom stereocenters. The fourth-order valence-electron chi connectivity index (χ4n) is 5.44. The van der Waals surface area contributed by atoms with Crippen molar-refractivity contribution in [1.29, 1.82) is 0 Å². The third-order valence-corrected chi connectivity index (χ3v) is 7.54. The molecular formula is C29H32FN3O2. The van der Waals surface area contributed by atoms with Crippen molar-refractivity contribution >= 4 is 11.8 Å². The van der Waals surface area contributed by atoms with Gasteiger partial charge in [0.25, 0.3) is 5.91 Å². The third-order valence-electron chi connectivity index (χ3n) is 7.54. The van der Waals surface area contributed by atoms with E-state index in [1.54, 1.807) is 23.1 Å². The molecule has 6 heteroatoms. The van der Waals surface area contributed by atoms with Gasteiger partial charge in [-0.25, -0.2) is 4.39 Å². The van der Waals surface area contributed by atoms with Crippen molar-refractivity contribution in [3.05, 3.63) is 83.8 Å². The van der Waals surface area contributed by atoms with Crippen LogP contribution >= 0.6 is 0 Å². The summed E-state index contributed by atoms with van der Waals surface area (Å²) in [5.74, 6) is -0.814. The lowest BCUT2D eigenvalue weighted by atomic mass is 9.92. The summed E-state index contributed by atoms with van der Waals surface area (Å²) < 4.78 is 16.6. The number of nitrogens with zero attached hydrogens (tertiary/aromatic N) is 2. The van der Waals surface area contributed by atoms with Crippen molar-refractivity contribution < 1.29 is 14.0 Å². The minimum Gasteiger partial charge on any atom is -0.351 e. The lowest BCUT2D eigenvalue weighted by Gasteiger charge is -2.45. The minimum atomic E-state index is -1.17. The lowest BCUT2D eigenvalue weighted by molar-refractivity contribution is -0.134. The SMILES string of the molecule is CC1(C(=O)NC2CCCCCC2)Cn2c(ccc2-c2ccccc2)C(=O)N1Cc1ccccc1F. The molecule has 1 fully saturated rings. The molecule has 0 bridgehead atoms. The Labute approximate surface area is 205 Å². The predicted octanol–water partition coefficient (Wildman–Crippen LogP) is 5.55. The largest absolute Gasteiger partial charge is 0.351 e. The predicted molar refractivity (Wildman–Crippen MR) is 134 cm³/mol. The normalized spacial score (nSPS) is 20.9. The number of carbonyl (C=O) groups excluding carboxylic acids is 2. The number of fused-ring (bicyclic) bond motifs is 1. The van der Waals surface area contributed by atoms with Crippen LogP contribution in [-0.4, -0.2) is 32.9 Å². The van der Waals surface area contributed by atoms with Gasteiger partial charge in [-0.1, -0.05) is 74.2 Å². The van der Waals surface area contributed by atoms with Gasteiger partial charge >= 0.3 is 0 Å². The van der Waals surface area contributed by atoms with Gasteiger partial charge in [-0.05, 0) is 43.5 Å². The Morgan fingerprint density at radius 2 is 1.60 bits per heavy atom. The van der Waals surface area contributed by atoms with Gasteiger partial charge in [0.15, 0.2) is 0 Å². The van der Waals surface area contributed by atoms with Crippen LogP contribution in [0.1, 0.15) is 61.5 Å². The van der Waals surface area contributed by atoms with E-state index in [1.165, 1.54) is 18.9 Å². The summed E-state index contributed by atoms with van der Waals surface area (Å²) in [4.78, 5) is 29.3. The summed E-state index contributed by atoms with van der Waals surface area (Å²) in [5, 5.41) is 3.26. The molecule has 5 rings (SSSR count). The van der Waals surface area contributed by atoms with Crippen LogP contribution in [0.4, 0.5) is 4.39 Å². The second-order valence-corrected chi connectivity index (χ2v) is 9.97. The van der Waals surface area contributed by atoms with E-state index in [2.05, 4.69) is 5.32 Å². The van der Waals surface area contributed by atoms with E-state index in [1.807, 2.05) is 54.0 Å². The first-order chi connectivity index (χ1) is 17.0. The Kier molecular flexibility index (Phi) is 6.46. The molecule has 2 heterocycles. The standard InChI is InChI=1S/C29H32FN3O2/c1-29(28(35)31-23-14-7-2-3-8-15-23)20-32-25(21-11-5-4-6-12-21)17-18-26(32)27(34)33(29)19-22-13-9-10-16-24(22)30/h4-6,9-13,16-18,23H,2-3,7-8,14-15,19-20H2,1H3,(H,31,35). The van der Waals surface area contributed by atoms with Crippen molar-refractivity contribution in [1.82, 2.24) is 14.8 Å². The van der Waals surface area contributed by atoms with Crippen LogP contribution in [0.2, 0.25) is 0 Å². The van der Waals surface area contributed by atoms with Crippen LogP contribution in [0, 0.1) is 5.82 Å². The zero-order valence-electron chi connectivity index (χ0n) is 20.2. The van der Waals surface area contributed by atoms with E-state index >= 15 is 0 Å². The Hall–Kier alpha value is -3.41. The zero-order chi connectivity index (χ0) is 24.4. The number of hydrogen-bond donors (Lipinski definition) is 1. The molecule has 1 saturated carbocycles. The molecule has 0 saturated heterocycles. The van der Waals surface area contributed by atoms with Crippen LogP contribution in [0.25, 0.3) is 11.3 Å². The van der Waals surface area contributed by atoms with Crippen LogP contribution in [0.5, 0.6) is 0 Å². The van der Waals surface area contributed by atoms with Gasteiger partial charge in [0.1, 0.15) is 17.1 Å². The fourth-order valence-corrected chi connectivity index (χ4v) is 5.44. The number of amides is 2. The molecule has 2 aliphatic rings. The minimum absolute atomic E-state index is 0.0337. The number of rotatable bonds is 5. The summed E-state index contributed by atoms with van der Waals surface area (Å²) in [6, 6.07) is 20.2. The van der Waals surface area contributed by atoms with E-state index in [4.69, 9.17) is 0 Å². The molecule has 1 N–H and O–H groups in total. The van der Waals surface area contributed by atoms with E-state index in [9.17, 15) is 14.0 Å². The molecule has 2 amide bonds. The highest BCUT2D eigenvalue weighted by Gasteiger charge is 2.48. The van der Waals surface area contributed by atoms with E-state index in [0.717, 1.165) is 36.9 Å². The van der Waals surface area contributed by atoms with Gasteiger partial charge in [0.2, 0.25) is 5.91 Å². The average molecular weight is 474 g/mol.